The SMILES string of the molecule is C#CCn1c(=NC(=O)C2CCCN(S(=O)(=O)c3ccccc3)C2)sc2cc(Cl)ccc21. The molecule has 0 aliphatic carbocycles. The van der Waals surface area contributed by atoms with Gasteiger partial charge in [-0.25, -0.2) is 8.42 Å². The Morgan fingerprint density at radius 3 is 2.77 bits per heavy atom. The van der Waals surface area contributed by atoms with E-state index in [1.54, 1.807) is 41.0 Å². The quantitative estimate of drug-likeness (QED) is 0.544. The van der Waals surface area contributed by atoms with Crippen molar-refractivity contribution in [3.63, 3.8) is 0 Å². The summed E-state index contributed by atoms with van der Waals surface area (Å²) in [5.74, 6) is 1.76. The van der Waals surface area contributed by atoms with Crippen molar-refractivity contribution in [3.8, 4) is 12.3 Å². The van der Waals surface area contributed by atoms with Crippen molar-refractivity contribution in [1.82, 2.24) is 8.87 Å². The lowest BCUT2D eigenvalue weighted by Gasteiger charge is -2.30. The second kappa shape index (κ2) is 8.97. The van der Waals surface area contributed by atoms with Gasteiger partial charge in [0.15, 0.2) is 4.80 Å². The summed E-state index contributed by atoms with van der Waals surface area (Å²) in [4.78, 5) is 18.1. The van der Waals surface area contributed by atoms with Crippen molar-refractivity contribution < 1.29 is 13.2 Å². The van der Waals surface area contributed by atoms with Crippen LogP contribution in [0.15, 0.2) is 58.4 Å². The molecular formula is C22H20ClN3O3S2. The zero-order chi connectivity index (χ0) is 22.0. The number of carbonyl (C=O) groups excluding carboxylic acids is 1. The molecule has 160 valence electrons. The van der Waals surface area contributed by atoms with Gasteiger partial charge in [0.1, 0.15) is 0 Å². The molecule has 0 spiro atoms. The third kappa shape index (κ3) is 4.46. The first kappa shape index (κ1) is 21.8. The number of terminal acetylenes is 1. The van der Waals surface area contributed by atoms with E-state index >= 15 is 0 Å². The van der Waals surface area contributed by atoms with Crippen LogP contribution >= 0.6 is 22.9 Å². The Morgan fingerprint density at radius 1 is 1.26 bits per heavy atom. The van der Waals surface area contributed by atoms with Gasteiger partial charge in [-0.3, -0.25) is 4.79 Å². The monoisotopic (exact) mass is 473 g/mol. The number of nitrogens with zero attached hydrogens (tertiary/aromatic N) is 3. The van der Waals surface area contributed by atoms with Crippen LogP contribution in [0, 0.1) is 18.3 Å². The molecule has 0 bridgehead atoms. The number of halogens is 1. The molecule has 2 aromatic carbocycles. The van der Waals surface area contributed by atoms with Crippen molar-refractivity contribution >= 4 is 49.1 Å². The van der Waals surface area contributed by atoms with Gasteiger partial charge in [0.05, 0.1) is 27.6 Å². The van der Waals surface area contributed by atoms with Gasteiger partial charge in [0.2, 0.25) is 10.0 Å². The van der Waals surface area contributed by atoms with E-state index in [2.05, 4.69) is 10.9 Å². The largest absolute Gasteiger partial charge is 0.305 e. The highest BCUT2D eigenvalue weighted by molar-refractivity contribution is 7.89. The Morgan fingerprint density at radius 2 is 2.03 bits per heavy atom. The summed E-state index contributed by atoms with van der Waals surface area (Å²) in [5, 5.41) is 0.591. The summed E-state index contributed by atoms with van der Waals surface area (Å²) in [6.45, 7) is 0.776. The number of fused-ring (bicyclic) bond motifs is 1. The molecule has 9 heteroatoms. The zero-order valence-corrected chi connectivity index (χ0v) is 19.0. The van der Waals surface area contributed by atoms with Gasteiger partial charge in [-0.2, -0.15) is 9.30 Å². The molecule has 1 unspecified atom stereocenters. The maximum absolute atomic E-state index is 13.0. The van der Waals surface area contributed by atoms with Crippen LogP contribution in [-0.2, 0) is 21.4 Å². The number of piperidine rings is 1. The predicted octanol–water partition coefficient (Wildman–Crippen LogP) is 3.52. The average molecular weight is 474 g/mol. The van der Waals surface area contributed by atoms with Crippen LogP contribution in [0.5, 0.6) is 0 Å². The number of aromatic nitrogens is 1. The second-order valence-corrected chi connectivity index (χ2v) is 10.6. The Kier molecular flexibility index (Phi) is 6.30. The van der Waals surface area contributed by atoms with E-state index < -0.39 is 15.9 Å². The molecule has 0 saturated carbocycles. The molecular weight excluding hydrogens is 454 g/mol. The van der Waals surface area contributed by atoms with Gasteiger partial charge in [-0.05, 0) is 43.2 Å². The Hall–Kier alpha value is -2.44. The second-order valence-electron chi connectivity index (χ2n) is 7.25. The Labute approximate surface area is 189 Å². The normalized spacial score (nSPS) is 18.2. The minimum atomic E-state index is -3.65. The highest BCUT2D eigenvalue weighted by Gasteiger charge is 2.33. The number of sulfonamides is 1. The maximum Gasteiger partial charge on any atom is 0.252 e. The fourth-order valence-corrected chi connectivity index (χ4v) is 6.52. The summed E-state index contributed by atoms with van der Waals surface area (Å²) >= 11 is 7.43. The molecule has 1 aliphatic heterocycles. The smallest absolute Gasteiger partial charge is 0.252 e. The van der Waals surface area contributed by atoms with Crippen molar-refractivity contribution in [2.45, 2.75) is 24.3 Å². The third-order valence-corrected chi connectivity index (χ3v) is 8.37. The van der Waals surface area contributed by atoms with Crippen LogP contribution in [0.2, 0.25) is 5.02 Å². The topological polar surface area (TPSA) is 71.7 Å². The first-order chi connectivity index (χ1) is 14.9. The number of hydrogen-bond acceptors (Lipinski definition) is 4. The zero-order valence-electron chi connectivity index (χ0n) is 16.6. The number of amides is 1. The molecule has 1 fully saturated rings. The molecule has 6 nitrogen and oxygen atoms in total. The van der Waals surface area contributed by atoms with Crippen molar-refractivity contribution in [2.24, 2.45) is 10.9 Å². The highest BCUT2D eigenvalue weighted by atomic mass is 35.5. The summed E-state index contributed by atoms with van der Waals surface area (Å²) < 4.78 is 30.0. The molecule has 31 heavy (non-hydrogen) atoms. The van der Waals surface area contributed by atoms with E-state index in [1.165, 1.54) is 15.6 Å². The van der Waals surface area contributed by atoms with Gasteiger partial charge in [0, 0.05) is 18.1 Å². The molecule has 0 N–H and O–H groups in total. The third-order valence-electron chi connectivity index (χ3n) is 5.21. The fourth-order valence-electron chi connectivity index (χ4n) is 3.67. The van der Waals surface area contributed by atoms with Gasteiger partial charge >= 0.3 is 0 Å². The predicted molar refractivity (Wildman–Crippen MR) is 122 cm³/mol. The van der Waals surface area contributed by atoms with Gasteiger partial charge in [0.25, 0.3) is 5.91 Å². The minimum absolute atomic E-state index is 0.116. The first-order valence-electron chi connectivity index (χ1n) is 9.76. The van der Waals surface area contributed by atoms with Gasteiger partial charge in [-0.15, -0.1) is 6.42 Å². The summed E-state index contributed by atoms with van der Waals surface area (Å²) in [6, 6.07) is 13.7. The van der Waals surface area contributed by atoms with Crippen LogP contribution in [0.25, 0.3) is 10.2 Å². The lowest BCUT2D eigenvalue weighted by atomic mass is 9.99. The van der Waals surface area contributed by atoms with Crippen LogP contribution < -0.4 is 4.80 Å². The van der Waals surface area contributed by atoms with E-state index in [9.17, 15) is 13.2 Å². The van der Waals surface area contributed by atoms with Crippen LogP contribution in [0.3, 0.4) is 0 Å². The molecule has 1 aliphatic rings. The highest BCUT2D eigenvalue weighted by Crippen LogP contribution is 2.25. The molecule has 1 atom stereocenters. The number of rotatable bonds is 4. The first-order valence-corrected chi connectivity index (χ1v) is 12.4. The standard InChI is InChI=1S/C22H20ClN3O3S2/c1-2-12-26-19-11-10-17(23)14-20(19)30-22(26)24-21(27)16-7-6-13-25(15-16)31(28,29)18-8-4-3-5-9-18/h1,3-5,8-11,14,16H,6-7,12-13,15H2. The lowest BCUT2D eigenvalue weighted by Crippen LogP contribution is -2.42. The number of hydrogen-bond donors (Lipinski definition) is 0. The molecule has 4 rings (SSSR count). The number of thiazole rings is 1. The summed E-state index contributed by atoms with van der Waals surface area (Å²) in [5.41, 5.74) is 0.857. The van der Waals surface area contributed by atoms with Gasteiger partial charge < -0.3 is 4.57 Å². The van der Waals surface area contributed by atoms with E-state index in [0.717, 1.165) is 10.2 Å². The number of carbonyl (C=O) groups is 1. The van der Waals surface area contributed by atoms with Crippen molar-refractivity contribution in [1.29, 1.82) is 0 Å². The molecule has 0 radical (unpaired) electrons. The van der Waals surface area contributed by atoms with Crippen molar-refractivity contribution in [3.05, 3.63) is 58.4 Å². The fraction of sp³-hybridized carbons (Fsp3) is 0.273. The Bertz CT molecular complexity index is 1340. The Balaban J connectivity index is 1.64. The average Bonchev–Trinajstić information content (AvgIpc) is 3.10. The molecule has 1 amide bonds. The van der Waals surface area contributed by atoms with Crippen LogP contribution in [-0.4, -0.2) is 36.3 Å². The van der Waals surface area contributed by atoms with Crippen LogP contribution in [0.1, 0.15) is 12.8 Å². The molecule has 3 aromatic rings. The lowest BCUT2D eigenvalue weighted by molar-refractivity contribution is -0.122. The van der Waals surface area contributed by atoms with Gasteiger partial charge in [-0.1, -0.05) is 47.1 Å². The molecule has 1 aromatic heterocycles. The molecule has 1 saturated heterocycles. The summed E-state index contributed by atoms with van der Waals surface area (Å²) in [6.07, 6.45) is 6.71. The van der Waals surface area contributed by atoms with Crippen molar-refractivity contribution in [2.75, 3.05) is 13.1 Å². The van der Waals surface area contributed by atoms with E-state index in [0.29, 0.717) is 29.2 Å². The maximum atomic E-state index is 13.0. The van der Waals surface area contributed by atoms with E-state index in [1.807, 2.05) is 12.1 Å². The minimum Gasteiger partial charge on any atom is -0.305 e. The number of benzene rings is 2. The van der Waals surface area contributed by atoms with E-state index in [-0.39, 0.29) is 23.9 Å². The van der Waals surface area contributed by atoms with E-state index in [4.69, 9.17) is 18.0 Å². The summed E-state index contributed by atoms with van der Waals surface area (Å²) in [7, 11) is -3.65. The molecule has 2 heterocycles. The van der Waals surface area contributed by atoms with Crippen LogP contribution in [0.4, 0.5) is 0 Å².